The molecule has 74 valence electrons. The van der Waals surface area contributed by atoms with E-state index in [2.05, 4.69) is 18.1 Å². The number of methoxy groups -OCH3 is 1. The highest BCUT2D eigenvalue weighted by Crippen LogP contribution is 2.05. The van der Waals surface area contributed by atoms with Crippen LogP contribution in [0.2, 0.25) is 0 Å². The van der Waals surface area contributed by atoms with Crippen LogP contribution in [0.3, 0.4) is 0 Å². The molecule has 1 nitrogen and oxygen atoms in total. The van der Waals surface area contributed by atoms with Crippen molar-refractivity contribution in [1.82, 2.24) is 0 Å². The minimum Gasteiger partial charge on any atom is -0.381 e. The van der Waals surface area contributed by atoms with Gasteiger partial charge in [0.2, 0.25) is 0 Å². The number of allylic oxidation sites excluding steroid dienone is 1. The first-order valence-electron chi connectivity index (χ1n) is 4.99. The summed E-state index contributed by atoms with van der Waals surface area (Å²) in [6, 6.07) is 0. The molecule has 13 heavy (non-hydrogen) atoms. The van der Waals surface area contributed by atoms with E-state index < -0.39 is 0 Å². The fourth-order valence-corrected chi connectivity index (χ4v) is 1.12. The van der Waals surface area contributed by atoms with Crippen LogP contribution in [0.25, 0.3) is 0 Å². The molecule has 0 saturated carbocycles. The lowest BCUT2D eigenvalue weighted by Gasteiger charge is -1.95. The highest BCUT2D eigenvalue weighted by atomic mass is 16.5. The molecule has 1 heteroatoms. The van der Waals surface area contributed by atoms with Gasteiger partial charge in [-0.15, -0.1) is 12.3 Å². The monoisotopic (exact) mass is 180 g/mol. The van der Waals surface area contributed by atoms with Crippen molar-refractivity contribution in [1.29, 1.82) is 0 Å². The molecule has 0 spiro atoms. The summed E-state index contributed by atoms with van der Waals surface area (Å²) in [6.07, 6.45) is 16.5. The maximum atomic E-state index is 5.15. The van der Waals surface area contributed by atoms with E-state index in [1.165, 1.54) is 32.1 Å². The van der Waals surface area contributed by atoms with Gasteiger partial charge in [-0.05, 0) is 19.3 Å². The van der Waals surface area contributed by atoms with Gasteiger partial charge in [-0.3, -0.25) is 0 Å². The van der Waals surface area contributed by atoms with Gasteiger partial charge in [-0.1, -0.05) is 25.0 Å². The predicted molar refractivity (Wildman–Crippen MR) is 57.6 cm³/mol. The first-order valence-corrected chi connectivity index (χ1v) is 4.99. The Bertz CT molecular complexity index is 153. The fourth-order valence-electron chi connectivity index (χ4n) is 1.12. The average molecular weight is 180 g/mol. The van der Waals surface area contributed by atoms with Gasteiger partial charge in [0.05, 0.1) is 6.61 Å². The maximum absolute atomic E-state index is 5.15. The van der Waals surface area contributed by atoms with Gasteiger partial charge < -0.3 is 4.74 Å². The van der Waals surface area contributed by atoms with Crippen LogP contribution in [0.5, 0.6) is 0 Å². The van der Waals surface area contributed by atoms with Crippen LogP contribution in [-0.2, 0) is 4.74 Å². The number of hydrogen-bond donors (Lipinski definition) is 0. The van der Waals surface area contributed by atoms with E-state index in [-0.39, 0.29) is 0 Å². The van der Waals surface area contributed by atoms with Crippen molar-refractivity contribution in [2.75, 3.05) is 13.7 Å². The molecule has 0 atom stereocenters. The van der Waals surface area contributed by atoms with Crippen LogP contribution in [0.15, 0.2) is 12.2 Å². The van der Waals surface area contributed by atoms with E-state index in [0.29, 0.717) is 0 Å². The largest absolute Gasteiger partial charge is 0.381 e. The molecule has 0 radical (unpaired) electrons. The quantitative estimate of drug-likeness (QED) is 0.317. The van der Waals surface area contributed by atoms with Gasteiger partial charge in [0.15, 0.2) is 0 Å². The van der Waals surface area contributed by atoms with Crippen LogP contribution < -0.4 is 0 Å². The average Bonchev–Trinajstić information content (AvgIpc) is 2.16. The molecule has 0 aliphatic rings. The second-order valence-electron chi connectivity index (χ2n) is 3.08. The lowest BCUT2D eigenvalue weighted by Crippen LogP contribution is -1.81. The third-order valence-electron chi connectivity index (χ3n) is 1.87. The molecule has 0 aromatic rings. The topological polar surface area (TPSA) is 9.23 Å². The van der Waals surface area contributed by atoms with Gasteiger partial charge in [0, 0.05) is 13.5 Å². The lowest BCUT2D eigenvalue weighted by atomic mass is 10.1. The lowest BCUT2D eigenvalue weighted by molar-refractivity contribution is 0.233. The van der Waals surface area contributed by atoms with Gasteiger partial charge in [-0.25, -0.2) is 0 Å². The maximum Gasteiger partial charge on any atom is 0.0643 e. The molecule has 0 unspecified atom stereocenters. The Hall–Kier alpha value is -0.740. The molecular weight excluding hydrogens is 160 g/mol. The van der Waals surface area contributed by atoms with E-state index in [1.807, 2.05) is 0 Å². The smallest absolute Gasteiger partial charge is 0.0643 e. The van der Waals surface area contributed by atoms with Gasteiger partial charge in [0.25, 0.3) is 0 Å². The summed E-state index contributed by atoms with van der Waals surface area (Å²) < 4.78 is 4.89. The van der Waals surface area contributed by atoms with Crippen LogP contribution >= 0.6 is 0 Å². The molecule has 0 aliphatic heterocycles. The summed E-state index contributed by atoms with van der Waals surface area (Å²) in [4.78, 5) is 0. The first kappa shape index (κ1) is 12.3. The summed E-state index contributed by atoms with van der Waals surface area (Å²) in [7, 11) is 1.71. The zero-order valence-corrected chi connectivity index (χ0v) is 8.59. The molecule has 0 fully saturated rings. The highest BCUT2D eigenvalue weighted by Gasteiger charge is 1.86. The van der Waals surface area contributed by atoms with Crippen molar-refractivity contribution >= 4 is 0 Å². The third-order valence-corrected chi connectivity index (χ3v) is 1.87. The summed E-state index contributed by atoms with van der Waals surface area (Å²) in [5.74, 6) is 2.66. The summed E-state index contributed by atoms with van der Waals surface area (Å²) >= 11 is 0. The minimum atomic E-state index is 0.733. The number of rotatable bonds is 8. The first-order chi connectivity index (χ1) is 6.41. The Morgan fingerprint density at radius 3 is 2.62 bits per heavy atom. The number of ether oxygens (including phenoxy) is 1. The molecule has 0 aromatic heterocycles. The molecule has 0 heterocycles. The number of hydrogen-bond acceptors (Lipinski definition) is 1. The summed E-state index contributed by atoms with van der Waals surface area (Å²) in [6.45, 7) is 0.733. The molecule has 0 rings (SSSR count). The van der Waals surface area contributed by atoms with Crippen LogP contribution in [0.1, 0.15) is 38.5 Å². The van der Waals surface area contributed by atoms with Gasteiger partial charge in [0.1, 0.15) is 0 Å². The highest BCUT2D eigenvalue weighted by molar-refractivity contribution is 4.83. The minimum absolute atomic E-state index is 0.733. The fraction of sp³-hybridized carbons (Fsp3) is 0.667. The molecule has 0 aliphatic carbocycles. The third kappa shape index (κ3) is 11.3. The van der Waals surface area contributed by atoms with Gasteiger partial charge in [-0.2, -0.15) is 0 Å². The molecule has 0 bridgehead atoms. The number of terminal acetylenes is 1. The summed E-state index contributed by atoms with van der Waals surface area (Å²) in [5.41, 5.74) is 0. The zero-order valence-electron chi connectivity index (χ0n) is 8.59. The van der Waals surface area contributed by atoms with Crippen LogP contribution in [-0.4, -0.2) is 13.7 Å². The second-order valence-corrected chi connectivity index (χ2v) is 3.08. The Labute approximate surface area is 82.2 Å². The molecule has 0 aromatic carbocycles. The normalized spacial score (nSPS) is 10.5. The summed E-state index contributed by atoms with van der Waals surface area (Å²) in [5, 5.41) is 0. The van der Waals surface area contributed by atoms with Crippen molar-refractivity contribution in [3.8, 4) is 12.3 Å². The van der Waals surface area contributed by atoms with Crippen molar-refractivity contribution in [2.24, 2.45) is 0 Å². The Morgan fingerprint density at radius 1 is 1.15 bits per heavy atom. The Kier molecular flexibility index (Phi) is 10.6. The van der Waals surface area contributed by atoms with Crippen molar-refractivity contribution in [3.05, 3.63) is 12.2 Å². The zero-order chi connectivity index (χ0) is 9.78. The molecule has 0 saturated heterocycles. The van der Waals surface area contributed by atoms with Crippen LogP contribution in [0, 0.1) is 12.3 Å². The molecule has 0 amide bonds. The van der Waals surface area contributed by atoms with Crippen molar-refractivity contribution < 1.29 is 4.74 Å². The van der Waals surface area contributed by atoms with E-state index in [0.717, 1.165) is 13.0 Å². The van der Waals surface area contributed by atoms with Crippen molar-refractivity contribution in [2.45, 2.75) is 38.5 Å². The molecular formula is C12H20O. The standard InChI is InChI=1S/C12H20O/c1-3-4-5-6-7-8-9-10-11-12-13-2/h1,10-11H,4-9,12H2,2H3/b11-10+. The van der Waals surface area contributed by atoms with Gasteiger partial charge >= 0.3 is 0 Å². The number of unbranched alkanes of at least 4 members (excludes halogenated alkanes) is 5. The van der Waals surface area contributed by atoms with Crippen LogP contribution in [0.4, 0.5) is 0 Å². The van der Waals surface area contributed by atoms with E-state index in [9.17, 15) is 0 Å². The van der Waals surface area contributed by atoms with E-state index >= 15 is 0 Å². The Balaban J connectivity index is 2.96. The van der Waals surface area contributed by atoms with Crippen molar-refractivity contribution in [3.63, 3.8) is 0 Å². The second kappa shape index (κ2) is 11.3. The Morgan fingerprint density at radius 2 is 1.92 bits per heavy atom. The SMILES string of the molecule is C#CCCCCCC/C=C/COC. The predicted octanol–water partition coefficient (Wildman–Crippen LogP) is 3.16. The molecule has 0 N–H and O–H groups in total. The van der Waals surface area contributed by atoms with E-state index in [4.69, 9.17) is 11.2 Å². The van der Waals surface area contributed by atoms with E-state index in [1.54, 1.807) is 7.11 Å².